The lowest BCUT2D eigenvalue weighted by Crippen LogP contribution is -2.11. The SMILES string of the molecule is CCS(=O)(=O)CCCC(=O)c1cccnc1C. The summed E-state index contributed by atoms with van der Waals surface area (Å²) in [5, 5.41) is 0. The van der Waals surface area contributed by atoms with Gasteiger partial charge < -0.3 is 0 Å². The lowest BCUT2D eigenvalue weighted by molar-refractivity contribution is 0.0981. The van der Waals surface area contributed by atoms with Gasteiger partial charge in [0.1, 0.15) is 9.84 Å². The number of Topliss-reactive ketones (excluding diaryl/α,β-unsaturated/α-hetero) is 1. The first-order chi connectivity index (χ1) is 7.96. The minimum Gasteiger partial charge on any atom is -0.294 e. The molecule has 0 N–H and O–H groups in total. The van der Waals surface area contributed by atoms with E-state index in [2.05, 4.69) is 4.98 Å². The zero-order valence-electron chi connectivity index (χ0n) is 10.1. The van der Waals surface area contributed by atoms with Gasteiger partial charge in [0, 0.05) is 29.6 Å². The smallest absolute Gasteiger partial charge is 0.164 e. The van der Waals surface area contributed by atoms with Crippen LogP contribution in [-0.2, 0) is 9.84 Å². The topological polar surface area (TPSA) is 64.1 Å². The van der Waals surface area contributed by atoms with Crippen LogP contribution in [0.25, 0.3) is 0 Å². The molecule has 0 bridgehead atoms. The summed E-state index contributed by atoms with van der Waals surface area (Å²) in [4.78, 5) is 15.8. The van der Waals surface area contributed by atoms with E-state index in [4.69, 9.17) is 0 Å². The molecule has 1 rings (SSSR count). The Balaban J connectivity index is 2.55. The van der Waals surface area contributed by atoms with Gasteiger partial charge in [-0.25, -0.2) is 8.42 Å². The van der Waals surface area contributed by atoms with Gasteiger partial charge in [-0.15, -0.1) is 0 Å². The number of hydrogen-bond donors (Lipinski definition) is 0. The number of carbonyl (C=O) groups is 1. The van der Waals surface area contributed by atoms with Crippen LogP contribution in [-0.4, -0.2) is 30.7 Å². The van der Waals surface area contributed by atoms with Gasteiger partial charge >= 0.3 is 0 Å². The second-order valence-electron chi connectivity index (χ2n) is 3.90. The van der Waals surface area contributed by atoms with Crippen LogP contribution in [0.4, 0.5) is 0 Å². The zero-order valence-corrected chi connectivity index (χ0v) is 11.0. The molecule has 0 amide bonds. The van der Waals surface area contributed by atoms with Crippen LogP contribution in [0.5, 0.6) is 0 Å². The fourth-order valence-electron chi connectivity index (χ4n) is 1.51. The van der Waals surface area contributed by atoms with Gasteiger partial charge in [-0.3, -0.25) is 9.78 Å². The van der Waals surface area contributed by atoms with Gasteiger partial charge in [0.25, 0.3) is 0 Å². The first-order valence-electron chi connectivity index (χ1n) is 5.61. The van der Waals surface area contributed by atoms with Crippen molar-refractivity contribution in [2.45, 2.75) is 26.7 Å². The molecule has 1 aromatic rings. The van der Waals surface area contributed by atoms with E-state index in [1.54, 1.807) is 32.2 Å². The molecule has 0 aliphatic carbocycles. The number of aromatic nitrogens is 1. The van der Waals surface area contributed by atoms with Gasteiger partial charge in [0.05, 0.1) is 5.75 Å². The van der Waals surface area contributed by atoms with Crippen LogP contribution in [0.2, 0.25) is 0 Å². The number of aryl methyl sites for hydroxylation is 1. The largest absolute Gasteiger partial charge is 0.294 e. The highest BCUT2D eigenvalue weighted by atomic mass is 32.2. The van der Waals surface area contributed by atoms with E-state index >= 15 is 0 Å². The second kappa shape index (κ2) is 5.91. The van der Waals surface area contributed by atoms with E-state index in [-0.39, 0.29) is 23.7 Å². The number of rotatable bonds is 6. The van der Waals surface area contributed by atoms with Gasteiger partial charge in [-0.05, 0) is 25.5 Å². The molecule has 0 radical (unpaired) electrons. The van der Waals surface area contributed by atoms with Gasteiger partial charge in [-0.1, -0.05) is 6.92 Å². The summed E-state index contributed by atoms with van der Waals surface area (Å²) in [6, 6.07) is 3.43. The predicted molar refractivity (Wildman–Crippen MR) is 66.9 cm³/mol. The summed E-state index contributed by atoms with van der Waals surface area (Å²) in [5.74, 6) is 0.170. The van der Waals surface area contributed by atoms with E-state index in [9.17, 15) is 13.2 Å². The van der Waals surface area contributed by atoms with Crippen LogP contribution in [0.15, 0.2) is 18.3 Å². The van der Waals surface area contributed by atoms with Crippen molar-refractivity contribution in [3.63, 3.8) is 0 Å². The summed E-state index contributed by atoms with van der Waals surface area (Å²) in [5.41, 5.74) is 1.28. The molecule has 0 aromatic carbocycles. The van der Waals surface area contributed by atoms with Crippen LogP contribution in [0.1, 0.15) is 35.8 Å². The average Bonchev–Trinajstić information content (AvgIpc) is 2.29. The molecule has 94 valence electrons. The molecule has 4 nitrogen and oxygen atoms in total. The Bertz CT molecular complexity index is 494. The molecule has 0 aliphatic heterocycles. The van der Waals surface area contributed by atoms with E-state index < -0.39 is 9.84 Å². The fraction of sp³-hybridized carbons (Fsp3) is 0.500. The highest BCUT2D eigenvalue weighted by molar-refractivity contribution is 7.91. The molecular weight excluding hydrogens is 238 g/mol. The van der Waals surface area contributed by atoms with Crippen molar-refractivity contribution in [2.75, 3.05) is 11.5 Å². The highest BCUT2D eigenvalue weighted by Crippen LogP contribution is 2.09. The lowest BCUT2D eigenvalue weighted by Gasteiger charge is -2.04. The van der Waals surface area contributed by atoms with Crippen molar-refractivity contribution >= 4 is 15.6 Å². The van der Waals surface area contributed by atoms with Crippen molar-refractivity contribution < 1.29 is 13.2 Å². The number of ketones is 1. The number of pyridine rings is 1. The van der Waals surface area contributed by atoms with E-state index in [0.717, 1.165) is 0 Å². The Morgan fingerprint density at radius 3 is 2.71 bits per heavy atom. The van der Waals surface area contributed by atoms with Crippen LogP contribution >= 0.6 is 0 Å². The maximum absolute atomic E-state index is 11.8. The molecule has 0 aliphatic rings. The quantitative estimate of drug-likeness (QED) is 0.727. The van der Waals surface area contributed by atoms with Crippen molar-refractivity contribution in [3.05, 3.63) is 29.6 Å². The summed E-state index contributed by atoms with van der Waals surface area (Å²) in [6.07, 6.45) is 2.27. The molecule has 0 atom stereocenters. The summed E-state index contributed by atoms with van der Waals surface area (Å²) < 4.78 is 22.5. The molecule has 17 heavy (non-hydrogen) atoms. The minimum absolute atomic E-state index is 0.0399. The van der Waals surface area contributed by atoms with Crippen molar-refractivity contribution in [3.8, 4) is 0 Å². The highest BCUT2D eigenvalue weighted by Gasteiger charge is 2.12. The summed E-state index contributed by atoms with van der Waals surface area (Å²) in [7, 11) is -2.98. The number of carbonyl (C=O) groups excluding carboxylic acids is 1. The molecule has 0 spiro atoms. The first kappa shape index (κ1) is 13.8. The Morgan fingerprint density at radius 2 is 2.12 bits per heavy atom. The standard InChI is InChI=1S/C12H17NO3S/c1-3-17(15,16)9-5-7-12(14)11-6-4-8-13-10(11)2/h4,6,8H,3,5,7,9H2,1-2H3. The number of hydrogen-bond acceptors (Lipinski definition) is 4. The molecule has 1 aromatic heterocycles. The third-order valence-corrected chi connectivity index (χ3v) is 4.40. The molecule has 0 saturated carbocycles. The normalized spacial score (nSPS) is 11.4. The van der Waals surface area contributed by atoms with Gasteiger partial charge in [-0.2, -0.15) is 0 Å². The molecule has 0 fully saturated rings. The van der Waals surface area contributed by atoms with Crippen LogP contribution in [0, 0.1) is 6.92 Å². The second-order valence-corrected chi connectivity index (χ2v) is 6.37. The Labute approximate surface area is 102 Å². The maximum Gasteiger partial charge on any atom is 0.164 e. The van der Waals surface area contributed by atoms with Crippen molar-refractivity contribution in [1.29, 1.82) is 0 Å². The van der Waals surface area contributed by atoms with E-state index in [0.29, 0.717) is 17.7 Å². The zero-order chi connectivity index (χ0) is 12.9. The van der Waals surface area contributed by atoms with Gasteiger partial charge in [0.15, 0.2) is 5.78 Å². The molecule has 1 heterocycles. The summed E-state index contributed by atoms with van der Waals surface area (Å²) >= 11 is 0. The maximum atomic E-state index is 11.8. The van der Waals surface area contributed by atoms with E-state index in [1.807, 2.05) is 0 Å². The minimum atomic E-state index is -2.98. The van der Waals surface area contributed by atoms with Crippen LogP contribution < -0.4 is 0 Å². The molecule has 5 heteroatoms. The lowest BCUT2D eigenvalue weighted by atomic mass is 10.1. The Kier molecular flexibility index (Phi) is 4.81. The molecule has 0 unspecified atom stereocenters. The monoisotopic (exact) mass is 255 g/mol. The molecular formula is C12H17NO3S. The van der Waals surface area contributed by atoms with Crippen molar-refractivity contribution in [2.24, 2.45) is 0 Å². The fourth-order valence-corrected chi connectivity index (χ4v) is 2.38. The van der Waals surface area contributed by atoms with E-state index in [1.165, 1.54) is 0 Å². The van der Waals surface area contributed by atoms with Crippen LogP contribution in [0.3, 0.4) is 0 Å². The van der Waals surface area contributed by atoms with Gasteiger partial charge in [0.2, 0.25) is 0 Å². The third kappa shape index (κ3) is 4.26. The Morgan fingerprint density at radius 1 is 1.41 bits per heavy atom. The number of sulfone groups is 1. The van der Waals surface area contributed by atoms with Crippen molar-refractivity contribution in [1.82, 2.24) is 4.98 Å². The Hall–Kier alpha value is -1.23. The predicted octanol–water partition coefficient (Wildman–Crippen LogP) is 1.79. The third-order valence-electron chi connectivity index (χ3n) is 2.61. The molecule has 0 saturated heterocycles. The average molecular weight is 255 g/mol. The first-order valence-corrected chi connectivity index (χ1v) is 7.43. The number of nitrogens with zero attached hydrogens (tertiary/aromatic N) is 1. The summed E-state index contributed by atoms with van der Waals surface area (Å²) in [6.45, 7) is 3.39.